The maximum atomic E-state index is 11.9. The molecule has 0 atom stereocenters. The Hall–Kier alpha value is -1.03. The van der Waals surface area contributed by atoms with E-state index in [9.17, 15) is 18.5 Å². The highest BCUT2D eigenvalue weighted by Crippen LogP contribution is 2.26. The van der Waals surface area contributed by atoms with Gasteiger partial charge in [-0.25, -0.2) is 13.1 Å². The van der Waals surface area contributed by atoms with Crippen molar-refractivity contribution in [2.75, 3.05) is 20.1 Å². The molecule has 0 amide bonds. The SMILES string of the molecule is CNCCNS(=O)(=O)c1cc(Br)ccc1[N+](=O)[O-]. The van der Waals surface area contributed by atoms with Gasteiger partial charge in [-0.3, -0.25) is 10.1 Å². The molecule has 0 spiro atoms. The van der Waals surface area contributed by atoms with Crippen molar-refractivity contribution in [1.82, 2.24) is 10.0 Å². The van der Waals surface area contributed by atoms with Gasteiger partial charge in [-0.2, -0.15) is 0 Å². The van der Waals surface area contributed by atoms with E-state index in [1.165, 1.54) is 12.1 Å². The van der Waals surface area contributed by atoms with Crippen molar-refractivity contribution in [3.63, 3.8) is 0 Å². The van der Waals surface area contributed by atoms with E-state index < -0.39 is 20.6 Å². The number of nitrogens with zero attached hydrogens (tertiary/aromatic N) is 1. The molecule has 0 saturated heterocycles. The number of likely N-dealkylation sites (N-methyl/N-ethyl adjacent to an activating group) is 1. The van der Waals surface area contributed by atoms with E-state index in [0.29, 0.717) is 11.0 Å². The molecule has 0 bridgehead atoms. The maximum Gasteiger partial charge on any atom is 0.289 e. The summed E-state index contributed by atoms with van der Waals surface area (Å²) in [7, 11) is -2.22. The summed E-state index contributed by atoms with van der Waals surface area (Å²) in [4.78, 5) is 9.72. The molecule has 0 aliphatic heterocycles. The number of sulfonamides is 1. The lowest BCUT2D eigenvalue weighted by Gasteiger charge is -2.07. The highest BCUT2D eigenvalue weighted by molar-refractivity contribution is 9.10. The molecule has 1 aromatic rings. The fourth-order valence-electron chi connectivity index (χ4n) is 1.24. The predicted molar refractivity (Wildman–Crippen MR) is 69.9 cm³/mol. The average molecular weight is 338 g/mol. The van der Waals surface area contributed by atoms with Gasteiger partial charge >= 0.3 is 0 Å². The third-order valence-electron chi connectivity index (χ3n) is 2.08. The zero-order chi connectivity index (χ0) is 13.8. The van der Waals surface area contributed by atoms with Crippen LogP contribution in [0.1, 0.15) is 0 Å². The van der Waals surface area contributed by atoms with Crippen molar-refractivity contribution in [3.05, 3.63) is 32.8 Å². The lowest BCUT2D eigenvalue weighted by Crippen LogP contribution is -2.30. The summed E-state index contributed by atoms with van der Waals surface area (Å²) in [5, 5.41) is 13.6. The molecule has 2 N–H and O–H groups in total. The highest BCUT2D eigenvalue weighted by Gasteiger charge is 2.25. The van der Waals surface area contributed by atoms with Crippen molar-refractivity contribution < 1.29 is 13.3 Å². The molecule has 100 valence electrons. The van der Waals surface area contributed by atoms with Gasteiger partial charge in [0.25, 0.3) is 5.69 Å². The van der Waals surface area contributed by atoms with Crippen molar-refractivity contribution in [2.45, 2.75) is 4.90 Å². The number of rotatable bonds is 6. The van der Waals surface area contributed by atoms with Crippen LogP contribution in [0.3, 0.4) is 0 Å². The molecule has 0 aliphatic rings. The van der Waals surface area contributed by atoms with Crippen LogP contribution in [0.5, 0.6) is 0 Å². The molecule has 0 saturated carbocycles. The lowest BCUT2D eigenvalue weighted by molar-refractivity contribution is -0.387. The normalized spacial score (nSPS) is 11.4. The number of halogens is 1. The third kappa shape index (κ3) is 3.73. The molecule has 1 rings (SSSR count). The van der Waals surface area contributed by atoms with Crippen LogP contribution in [0.4, 0.5) is 5.69 Å². The van der Waals surface area contributed by atoms with E-state index in [0.717, 1.165) is 6.07 Å². The third-order valence-corrected chi connectivity index (χ3v) is 4.06. The van der Waals surface area contributed by atoms with Crippen LogP contribution in [-0.4, -0.2) is 33.5 Å². The Kier molecular flexibility index (Phi) is 5.20. The zero-order valence-corrected chi connectivity index (χ0v) is 11.9. The van der Waals surface area contributed by atoms with E-state index in [-0.39, 0.29) is 11.4 Å². The minimum atomic E-state index is -3.89. The fourth-order valence-corrected chi connectivity index (χ4v) is 2.98. The Morgan fingerprint density at radius 3 is 2.61 bits per heavy atom. The van der Waals surface area contributed by atoms with Crippen LogP contribution in [0.2, 0.25) is 0 Å². The minimum Gasteiger partial charge on any atom is -0.318 e. The minimum absolute atomic E-state index is 0.155. The molecule has 18 heavy (non-hydrogen) atoms. The van der Waals surface area contributed by atoms with Crippen molar-refractivity contribution >= 4 is 31.6 Å². The Morgan fingerprint density at radius 1 is 1.39 bits per heavy atom. The molecule has 0 aromatic heterocycles. The second kappa shape index (κ2) is 6.23. The van der Waals surface area contributed by atoms with Gasteiger partial charge in [-0.15, -0.1) is 0 Å². The standard InChI is InChI=1S/C9H12BrN3O4S/c1-11-4-5-12-18(16,17)9-6-7(10)2-3-8(9)13(14)15/h2-3,6,11-12H,4-5H2,1H3. The highest BCUT2D eigenvalue weighted by atomic mass is 79.9. The first-order valence-corrected chi connectivity index (χ1v) is 7.24. The van der Waals surface area contributed by atoms with Crippen molar-refractivity contribution in [3.8, 4) is 0 Å². The van der Waals surface area contributed by atoms with Crippen LogP contribution in [0.25, 0.3) is 0 Å². The molecule has 7 nitrogen and oxygen atoms in total. The number of hydrogen-bond acceptors (Lipinski definition) is 5. The van der Waals surface area contributed by atoms with Gasteiger partial charge < -0.3 is 5.32 Å². The molecule has 0 fully saturated rings. The van der Waals surface area contributed by atoms with Crippen molar-refractivity contribution in [2.24, 2.45) is 0 Å². The average Bonchev–Trinajstić information content (AvgIpc) is 2.28. The Bertz CT molecular complexity index is 547. The van der Waals surface area contributed by atoms with Crippen LogP contribution in [-0.2, 0) is 10.0 Å². The smallest absolute Gasteiger partial charge is 0.289 e. The molecule has 9 heteroatoms. The van der Waals surface area contributed by atoms with Gasteiger partial charge in [0.05, 0.1) is 4.92 Å². The molecule has 0 radical (unpaired) electrons. The van der Waals surface area contributed by atoms with Gasteiger partial charge in [0, 0.05) is 23.6 Å². The Balaban J connectivity index is 3.14. The quantitative estimate of drug-likeness (QED) is 0.455. The number of nitro benzene ring substituents is 1. The lowest BCUT2D eigenvalue weighted by atomic mass is 10.3. The Morgan fingerprint density at radius 2 is 2.06 bits per heavy atom. The summed E-state index contributed by atoms with van der Waals surface area (Å²) in [6.07, 6.45) is 0. The largest absolute Gasteiger partial charge is 0.318 e. The Labute approximate surface area is 113 Å². The van der Waals surface area contributed by atoms with Gasteiger partial charge in [0.2, 0.25) is 10.0 Å². The van der Waals surface area contributed by atoms with E-state index in [2.05, 4.69) is 26.0 Å². The first-order chi connectivity index (χ1) is 8.38. The molecule has 0 unspecified atom stereocenters. The van der Waals surface area contributed by atoms with Crippen LogP contribution < -0.4 is 10.0 Å². The molecular formula is C9H12BrN3O4S. The summed E-state index contributed by atoms with van der Waals surface area (Å²) in [6.45, 7) is 0.587. The first-order valence-electron chi connectivity index (χ1n) is 4.96. The van der Waals surface area contributed by atoms with E-state index in [1.807, 2.05) is 0 Å². The van der Waals surface area contributed by atoms with Gasteiger partial charge in [-0.05, 0) is 19.2 Å². The first kappa shape index (κ1) is 15.0. The van der Waals surface area contributed by atoms with Crippen LogP contribution in [0.15, 0.2) is 27.6 Å². The predicted octanol–water partition coefficient (Wildman–Crippen LogP) is 0.855. The second-order valence-electron chi connectivity index (χ2n) is 3.37. The molecule has 1 aromatic carbocycles. The summed E-state index contributed by atoms with van der Waals surface area (Å²) in [5.41, 5.74) is -0.449. The maximum absolute atomic E-state index is 11.9. The van der Waals surface area contributed by atoms with E-state index in [1.54, 1.807) is 7.05 Å². The van der Waals surface area contributed by atoms with Gasteiger partial charge in [0.15, 0.2) is 4.90 Å². The topological polar surface area (TPSA) is 101 Å². The van der Waals surface area contributed by atoms with Gasteiger partial charge in [-0.1, -0.05) is 15.9 Å². The summed E-state index contributed by atoms with van der Waals surface area (Å²) >= 11 is 3.09. The number of benzene rings is 1. The summed E-state index contributed by atoms with van der Waals surface area (Å²) in [6, 6.07) is 3.78. The van der Waals surface area contributed by atoms with E-state index in [4.69, 9.17) is 0 Å². The van der Waals surface area contributed by atoms with Crippen LogP contribution >= 0.6 is 15.9 Å². The second-order valence-corrected chi connectivity index (χ2v) is 6.02. The molecule has 0 aliphatic carbocycles. The zero-order valence-electron chi connectivity index (χ0n) is 9.51. The number of hydrogen-bond donors (Lipinski definition) is 2. The summed E-state index contributed by atoms with van der Waals surface area (Å²) < 4.78 is 26.6. The molecule has 0 heterocycles. The molecular weight excluding hydrogens is 326 g/mol. The van der Waals surface area contributed by atoms with E-state index >= 15 is 0 Å². The van der Waals surface area contributed by atoms with Crippen molar-refractivity contribution in [1.29, 1.82) is 0 Å². The number of nitro groups is 1. The fraction of sp³-hybridized carbons (Fsp3) is 0.333. The number of nitrogens with one attached hydrogen (secondary N) is 2. The van der Waals surface area contributed by atoms with Gasteiger partial charge in [0.1, 0.15) is 0 Å². The van der Waals surface area contributed by atoms with Crippen LogP contribution in [0, 0.1) is 10.1 Å². The summed E-state index contributed by atoms with van der Waals surface area (Å²) in [5.74, 6) is 0. The monoisotopic (exact) mass is 337 g/mol.